The average Bonchev–Trinajstić information content (AvgIpc) is 3.38. The molecule has 0 amide bonds. The normalized spacial score (nSPS) is 9.19. The number of carbonyl (C=O) groups excluding carboxylic acids is 4. The molecule has 0 bridgehead atoms. The Morgan fingerprint density at radius 3 is 0.826 bits per heavy atom. The van der Waals surface area contributed by atoms with Crippen molar-refractivity contribution < 1.29 is 77.3 Å². The van der Waals surface area contributed by atoms with E-state index >= 15 is 0 Å². The van der Waals surface area contributed by atoms with Gasteiger partial charge in [-0.05, 0) is 48.5 Å². The number of benzene rings is 2. The van der Waals surface area contributed by atoms with Crippen LogP contribution in [0, 0.1) is 45.9 Å². The second-order valence-electron chi connectivity index (χ2n) is 12.3. The molecule has 0 atom stereocenters. The maximum Gasteiger partial charge on any atom is 4.00 e. The first-order chi connectivity index (χ1) is 32.7. The molecule has 0 N–H and O–H groups in total. The van der Waals surface area contributed by atoms with Crippen LogP contribution < -0.4 is 20.4 Å². The molecule has 6 heterocycles. The van der Waals surface area contributed by atoms with Crippen molar-refractivity contribution >= 4 is 23.9 Å². The Morgan fingerprint density at radius 2 is 0.638 bits per heavy atom. The van der Waals surface area contributed by atoms with Crippen molar-refractivity contribution in [2.75, 3.05) is 0 Å². The summed E-state index contributed by atoms with van der Waals surface area (Å²) in [5.41, 5.74) is 0.613. The van der Waals surface area contributed by atoms with Crippen molar-refractivity contribution in [2.45, 2.75) is 0 Å². The molecule has 21 heteroatoms. The number of nitriles is 2. The fraction of sp³-hybridized carbons (Fsp3) is 0. The molecule has 1 radical (unpaired) electrons. The minimum Gasteiger partial charge on any atom is -0.543 e. The molecule has 0 aliphatic carbocycles. The molecule has 6 aromatic heterocycles. The van der Waals surface area contributed by atoms with Gasteiger partial charge in [0.05, 0.1) is 70.4 Å². The summed E-state index contributed by atoms with van der Waals surface area (Å²) >= 11 is 0. The van der Waals surface area contributed by atoms with Gasteiger partial charge in [-0.2, -0.15) is 10.5 Å². The van der Waals surface area contributed by atoms with Crippen molar-refractivity contribution in [3.8, 4) is 34.7 Å². The summed E-state index contributed by atoms with van der Waals surface area (Å²) in [6.07, 6.45) is 7.18. The fourth-order valence-electron chi connectivity index (χ4n) is 4.70. The van der Waals surface area contributed by atoms with E-state index in [0.29, 0.717) is 11.1 Å². The second-order valence-corrected chi connectivity index (χ2v) is 12.3. The van der Waals surface area contributed by atoms with E-state index in [9.17, 15) is 57.2 Å². The van der Waals surface area contributed by atoms with Gasteiger partial charge in [0.25, 0.3) is 0 Å². The quantitative estimate of drug-likeness (QED) is 0.215. The van der Waals surface area contributed by atoms with Gasteiger partial charge in [0, 0.05) is 35.9 Å². The van der Waals surface area contributed by atoms with Gasteiger partial charge in [-0.15, -0.1) is 0 Å². The van der Waals surface area contributed by atoms with Crippen LogP contribution in [0.5, 0.6) is 0 Å². The first-order valence-electron chi connectivity index (χ1n) is 18.8. The summed E-state index contributed by atoms with van der Waals surface area (Å²) in [5, 5.41) is 57.7. The van der Waals surface area contributed by atoms with Crippen LogP contribution in [0.15, 0.2) is 171 Å². The van der Waals surface area contributed by atoms with E-state index in [1.54, 1.807) is 121 Å². The SMILES string of the molecule is N#Cc1c(-c2ccccc2)ncc(F)c1F.N#Cc1c(-c2ccccc2)ncc(F)c1F.O=C([O-])c1ccccn1.O=C([O-])c1ccccn1.O=C([O-])c1ccccn1.O=C([O-])c1ccccn1.[Ir+4]. The first kappa shape index (κ1) is 55.7. The number of carbonyl (C=O) groups is 4. The number of aromatic nitrogens is 6. The minimum atomic E-state index is -1.24. The first-order valence-corrected chi connectivity index (χ1v) is 18.8. The monoisotopic (exact) mass is 1110 g/mol. The number of carboxylic acid groups (broad SMARTS) is 4. The van der Waals surface area contributed by atoms with E-state index in [0.717, 1.165) is 12.4 Å². The van der Waals surface area contributed by atoms with Crippen molar-refractivity contribution in [3.63, 3.8) is 0 Å². The van der Waals surface area contributed by atoms with Crippen molar-refractivity contribution in [1.82, 2.24) is 29.9 Å². The van der Waals surface area contributed by atoms with Crippen LogP contribution in [0.2, 0.25) is 0 Å². The zero-order valence-electron chi connectivity index (χ0n) is 34.9. The Morgan fingerprint density at radius 1 is 0.391 bits per heavy atom. The molecular formula is C48H28F4IrN8O8. The summed E-state index contributed by atoms with van der Waals surface area (Å²) in [4.78, 5) is 61.7. The third-order valence-corrected chi connectivity index (χ3v) is 7.76. The van der Waals surface area contributed by atoms with Crippen LogP contribution in [0.25, 0.3) is 22.5 Å². The fourth-order valence-corrected chi connectivity index (χ4v) is 4.70. The van der Waals surface area contributed by atoms with Crippen molar-refractivity contribution in [1.29, 1.82) is 10.5 Å². The second kappa shape index (κ2) is 29.9. The molecule has 345 valence electrons. The number of pyridine rings is 6. The number of hydrogen-bond acceptors (Lipinski definition) is 16. The molecule has 2 aromatic carbocycles. The number of rotatable bonds is 6. The average molecular weight is 1110 g/mol. The van der Waals surface area contributed by atoms with E-state index in [-0.39, 0.29) is 65.4 Å². The zero-order chi connectivity index (χ0) is 49.8. The van der Waals surface area contributed by atoms with Crippen LogP contribution in [0.3, 0.4) is 0 Å². The molecule has 69 heavy (non-hydrogen) atoms. The number of aromatic carboxylic acids is 4. The number of hydrogen-bond donors (Lipinski definition) is 0. The van der Waals surface area contributed by atoms with Gasteiger partial charge in [0.1, 0.15) is 23.3 Å². The predicted octanol–water partition coefficient (Wildman–Crippen LogP) is 3.57. The molecule has 0 saturated carbocycles. The van der Waals surface area contributed by atoms with Crippen molar-refractivity contribution in [2.24, 2.45) is 0 Å². The molecule has 16 nitrogen and oxygen atoms in total. The summed E-state index contributed by atoms with van der Waals surface area (Å²) in [7, 11) is 0. The molecule has 0 aliphatic rings. The third-order valence-electron chi connectivity index (χ3n) is 7.76. The van der Waals surface area contributed by atoms with E-state index in [4.69, 9.17) is 10.5 Å². The molecule has 8 aromatic rings. The Balaban J connectivity index is 0.000000290. The maximum atomic E-state index is 13.3. The van der Waals surface area contributed by atoms with E-state index in [1.165, 1.54) is 49.1 Å². The largest absolute Gasteiger partial charge is 4.00 e. The predicted molar refractivity (Wildman–Crippen MR) is 223 cm³/mol. The standard InChI is InChI=1S/2C12H6F2N2.4C6H5NO2.Ir/c2*13-10-7-16-12(9(6-15)11(10)14)8-4-2-1-3-5-8;4*8-6(9)5-3-1-2-4-7-5;/h2*1-5,7H;4*1-4H,(H,8,9);/q;;;;;;+4/p-4. The van der Waals surface area contributed by atoms with Gasteiger partial charge in [-0.1, -0.05) is 84.9 Å². The smallest absolute Gasteiger partial charge is 0.543 e. The summed E-state index contributed by atoms with van der Waals surface area (Å²) < 4.78 is 52.4. The van der Waals surface area contributed by atoms with Crippen LogP contribution in [0.1, 0.15) is 53.1 Å². The van der Waals surface area contributed by atoms with E-state index in [2.05, 4.69) is 29.9 Å². The Kier molecular flexibility index (Phi) is 24.1. The number of carboxylic acids is 4. The van der Waals surface area contributed by atoms with Crippen LogP contribution in [0.4, 0.5) is 17.6 Å². The van der Waals surface area contributed by atoms with Gasteiger partial charge in [0.15, 0.2) is 23.3 Å². The topological polar surface area (TPSA) is 285 Å². The molecule has 0 saturated heterocycles. The van der Waals surface area contributed by atoms with Gasteiger partial charge >= 0.3 is 20.1 Å². The number of halogens is 4. The van der Waals surface area contributed by atoms with E-state index in [1.807, 2.05) is 0 Å². The van der Waals surface area contributed by atoms with E-state index < -0.39 is 47.1 Å². The molecule has 0 spiro atoms. The van der Waals surface area contributed by atoms with Crippen molar-refractivity contribution in [3.05, 3.63) is 228 Å². The summed E-state index contributed by atoms with van der Waals surface area (Å²) in [6.45, 7) is 0. The van der Waals surface area contributed by atoms with Crippen LogP contribution >= 0.6 is 0 Å². The Bertz CT molecular complexity index is 2680. The molecule has 0 fully saturated rings. The van der Waals surface area contributed by atoms with Crippen LogP contribution in [-0.4, -0.2) is 53.8 Å². The Hall–Kier alpha value is -9.43. The van der Waals surface area contributed by atoms with Gasteiger partial charge in [0.2, 0.25) is 0 Å². The third kappa shape index (κ3) is 18.5. The summed E-state index contributed by atoms with van der Waals surface area (Å²) in [6, 6.07) is 39.0. The summed E-state index contributed by atoms with van der Waals surface area (Å²) in [5.74, 6) is -9.50. The maximum absolute atomic E-state index is 13.3. The van der Waals surface area contributed by atoms with Gasteiger partial charge in [-0.3, -0.25) is 29.9 Å². The Labute approximate surface area is 402 Å². The molecule has 8 rings (SSSR count). The number of nitrogens with zero attached hydrogens (tertiary/aromatic N) is 8. The zero-order valence-corrected chi connectivity index (χ0v) is 37.2. The van der Waals surface area contributed by atoms with Gasteiger partial charge < -0.3 is 39.6 Å². The molecular weight excluding hydrogens is 1080 g/mol. The van der Waals surface area contributed by atoms with Crippen LogP contribution in [-0.2, 0) is 20.1 Å². The molecule has 0 unspecified atom stereocenters. The van der Waals surface area contributed by atoms with Gasteiger partial charge in [-0.25, -0.2) is 17.6 Å². The molecule has 0 aliphatic heterocycles. The minimum absolute atomic E-state index is 0.